The van der Waals surface area contributed by atoms with Crippen molar-refractivity contribution in [2.75, 3.05) is 39.6 Å². The van der Waals surface area contributed by atoms with Gasteiger partial charge in [0, 0.05) is 27.5 Å². The average molecular weight is 569 g/mol. The van der Waals surface area contributed by atoms with Crippen LogP contribution in [0.2, 0.25) is 0 Å². The number of carboxylic acid groups (broad SMARTS) is 3. The summed E-state index contributed by atoms with van der Waals surface area (Å²) >= 11 is 0. The van der Waals surface area contributed by atoms with Crippen LogP contribution >= 0.6 is 0 Å². The van der Waals surface area contributed by atoms with Crippen molar-refractivity contribution in [1.82, 2.24) is 0 Å². The van der Waals surface area contributed by atoms with Crippen molar-refractivity contribution in [2.24, 2.45) is 16.2 Å². The molecule has 0 aromatic heterocycles. The van der Waals surface area contributed by atoms with Gasteiger partial charge in [-0.1, -0.05) is 47.4 Å². The lowest BCUT2D eigenvalue weighted by molar-refractivity contribution is -0.133. The molecule has 0 aromatic carbocycles. The van der Waals surface area contributed by atoms with Gasteiger partial charge in [-0.15, -0.1) is 0 Å². The highest BCUT2D eigenvalue weighted by molar-refractivity contribution is 5.85. The van der Waals surface area contributed by atoms with Crippen LogP contribution in [0, 0.1) is 16.2 Å². The molecule has 12 nitrogen and oxygen atoms in total. The normalized spacial score (nSPS) is 10.4. The van der Waals surface area contributed by atoms with E-state index in [0.29, 0.717) is 12.8 Å². The Hall–Kier alpha value is -2.61. The Labute approximate surface area is 232 Å². The van der Waals surface area contributed by atoms with Crippen LogP contribution < -0.4 is 0 Å². The SMILES string of the molecule is C=C(C)C(=O)O.C=C(C)C(=O)O.C=C(C)C(=O)O.CC(C)(C)CC(CO)(CO)CO.CCC(CO)(CO)CO. The second-order valence-corrected chi connectivity index (χ2v) is 10.3. The predicted octanol–water partition coefficient (Wildman–Crippen LogP) is 1.69. The number of hydrogen-bond donors (Lipinski definition) is 9. The first-order valence-corrected chi connectivity index (χ1v) is 11.9. The van der Waals surface area contributed by atoms with E-state index in [1.54, 1.807) is 0 Å². The van der Waals surface area contributed by atoms with Crippen LogP contribution in [0.3, 0.4) is 0 Å². The predicted molar refractivity (Wildman–Crippen MR) is 149 cm³/mol. The van der Waals surface area contributed by atoms with Crippen LogP contribution in [0.1, 0.15) is 61.3 Å². The minimum Gasteiger partial charge on any atom is -0.478 e. The monoisotopic (exact) mass is 568 g/mol. The summed E-state index contributed by atoms with van der Waals surface area (Å²) in [7, 11) is 0. The third-order valence-corrected chi connectivity index (χ3v) is 4.76. The van der Waals surface area contributed by atoms with Crippen molar-refractivity contribution < 1.29 is 60.3 Å². The average Bonchev–Trinajstić information content (AvgIpc) is 2.85. The number of rotatable bonds is 11. The molecule has 0 rings (SSSR count). The molecule has 0 unspecified atom stereocenters. The zero-order chi connectivity index (χ0) is 32.6. The lowest BCUT2D eigenvalue weighted by atomic mass is 9.75. The van der Waals surface area contributed by atoms with Crippen molar-refractivity contribution >= 4 is 17.9 Å². The van der Waals surface area contributed by atoms with Crippen LogP contribution in [-0.2, 0) is 14.4 Å². The minimum atomic E-state index is -0.935. The van der Waals surface area contributed by atoms with E-state index in [4.69, 9.17) is 46.0 Å². The fourth-order valence-electron chi connectivity index (χ4n) is 1.93. The van der Waals surface area contributed by atoms with E-state index in [0.717, 1.165) is 0 Å². The molecular weight excluding hydrogens is 516 g/mol. The van der Waals surface area contributed by atoms with Crippen LogP contribution in [0.25, 0.3) is 0 Å². The largest absolute Gasteiger partial charge is 0.478 e. The highest BCUT2D eigenvalue weighted by atomic mass is 16.4. The molecule has 0 aliphatic rings. The molecule has 0 spiro atoms. The Bertz CT molecular complexity index is 609. The van der Waals surface area contributed by atoms with Crippen molar-refractivity contribution in [2.45, 2.75) is 61.3 Å². The number of aliphatic hydroxyl groups excluding tert-OH is 6. The van der Waals surface area contributed by atoms with Gasteiger partial charge >= 0.3 is 17.9 Å². The van der Waals surface area contributed by atoms with Gasteiger partial charge in [-0.25, -0.2) is 14.4 Å². The Morgan fingerprint density at radius 1 is 0.538 bits per heavy atom. The first kappa shape index (κ1) is 46.3. The molecule has 0 radical (unpaired) electrons. The standard InChI is InChI=1S/C9H20O3.C6H14O3.3C4H6O2/c1-8(2,3)4-9(5-10,6-11)7-12;1-2-6(3-7,4-8)5-9;3*1-3(2)4(5)6/h10-12H,4-7H2,1-3H3;7-9H,2-5H2,1H3;3*1H2,2H3,(H,5,6). The highest BCUT2D eigenvalue weighted by Crippen LogP contribution is 2.32. The molecular formula is C27H52O12. The van der Waals surface area contributed by atoms with E-state index in [9.17, 15) is 14.4 Å². The van der Waals surface area contributed by atoms with Crippen LogP contribution in [0.5, 0.6) is 0 Å². The van der Waals surface area contributed by atoms with E-state index < -0.39 is 28.7 Å². The van der Waals surface area contributed by atoms with E-state index in [1.165, 1.54) is 20.8 Å². The molecule has 0 heterocycles. The van der Waals surface area contributed by atoms with Crippen molar-refractivity contribution in [1.29, 1.82) is 0 Å². The van der Waals surface area contributed by atoms with Crippen LogP contribution in [-0.4, -0.2) is 104 Å². The number of aliphatic carboxylic acids is 3. The van der Waals surface area contributed by atoms with Gasteiger partial charge < -0.3 is 46.0 Å². The van der Waals surface area contributed by atoms with Gasteiger partial charge in [0.1, 0.15) is 0 Å². The fraction of sp³-hybridized carbons (Fsp3) is 0.667. The topological polar surface area (TPSA) is 233 Å². The molecule has 9 N–H and O–H groups in total. The van der Waals surface area contributed by atoms with E-state index >= 15 is 0 Å². The molecule has 0 saturated heterocycles. The van der Waals surface area contributed by atoms with Gasteiger partial charge in [0.15, 0.2) is 0 Å². The van der Waals surface area contributed by atoms with Crippen molar-refractivity contribution in [3.63, 3.8) is 0 Å². The maximum Gasteiger partial charge on any atom is 0.330 e. The number of carbonyl (C=O) groups is 3. The van der Waals surface area contributed by atoms with Gasteiger partial charge in [0.2, 0.25) is 0 Å². The Kier molecular flexibility index (Phi) is 29.0. The zero-order valence-electron chi connectivity index (χ0n) is 24.5. The second-order valence-electron chi connectivity index (χ2n) is 10.3. The van der Waals surface area contributed by atoms with E-state index in [-0.39, 0.29) is 61.8 Å². The van der Waals surface area contributed by atoms with E-state index in [2.05, 4.69) is 19.7 Å². The van der Waals surface area contributed by atoms with Crippen molar-refractivity contribution in [3.8, 4) is 0 Å². The van der Waals surface area contributed by atoms with Gasteiger partial charge in [-0.05, 0) is 39.0 Å². The molecule has 0 fully saturated rings. The Morgan fingerprint density at radius 2 is 0.718 bits per heavy atom. The maximum absolute atomic E-state index is 9.60. The smallest absolute Gasteiger partial charge is 0.330 e. The molecule has 0 atom stereocenters. The number of aliphatic hydroxyl groups is 6. The summed E-state index contributed by atoms with van der Waals surface area (Å²) in [4.78, 5) is 28.8. The van der Waals surface area contributed by atoms with Gasteiger partial charge in [0.05, 0.1) is 39.6 Å². The molecule has 0 aliphatic carbocycles. The molecule has 0 aromatic rings. The van der Waals surface area contributed by atoms with Gasteiger partial charge in [-0.2, -0.15) is 0 Å². The summed E-state index contributed by atoms with van der Waals surface area (Å²) in [6, 6.07) is 0. The van der Waals surface area contributed by atoms with Crippen LogP contribution in [0.4, 0.5) is 0 Å². The fourth-order valence-corrected chi connectivity index (χ4v) is 1.93. The summed E-state index contributed by atoms with van der Waals surface area (Å²) in [6.45, 7) is 20.7. The third-order valence-electron chi connectivity index (χ3n) is 4.76. The maximum atomic E-state index is 9.60. The molecule has 0 amide bonds. The lowest BCUT2D eigenvalue weighted by Crippen LogP contribution is -2.37. The van der Waals surface area contributed by atoms with Gasteiger partial charge in [0.25, 0.3) is 0 Å². The summed E-state index contributed by atoms with van der Waals surface area (Å²) in [5, 5.41) is 76.7. The molecule has 12 heteroatoms. The molecule has 0 aliphatic heterocycles. The summed E-state index contributed by atoms with van der Waals surface area (Å²) in [6.07, 6.45) is 1.21. The second kappa shape index (κ2) is 24.4. The first-order valence-electron chi connectivity index (χ1n) is 11.9. The van der Waals surface area contributed by atoms with E-state index in [1.807, 2.05) is 27.7 Å². The Balaban J connectivity index is -0.000000128. The quantitative estimate of drug-likeness (QED) is 0.162. The molecule has 0 bridgehead atoms. The van der Waals surface area contributed by atoms with Crippen molar-refractivity contribution in [3.05, 3.63) is 36.5 Å². The Morgan fingerprint density at radius 3 is 0.744 bits per heavy atom. The van der Waals surface area contributed by atoms with Crippen LogP contribution in [0.15, 0.2) is 36.5 Å². The highest BCUT2D eigenvalue weighted by Gasteiger charge is 2.32. The molecule has 232 valence electrons. The first-order chi connectivity index (χ1) is 17.6. The summed E-state index contributed by atoms with van der Waals surface area (Å²) in [5.74, 6) is -2.81. The lowest BCUT2D eigenvalue weighted by Gasteiger charge is -2.34. The zero-order valence-corrected chi connectivity index (χ0v) is 24.5. The minimum absolute atomic E-state index is 0.00813. The third kappa shape index (κ3) is 29.8. The number of carboxylic acids is 3. The van der Waals surface area contributed by atoms with Gasteiger partial charge in [-0.3, -0.25) is 0 Å². The molecule has 0 saturated carbocycles. The summed E-state index contributed by atoms with van der Waals surface area (Å²) in [5.41, 5.74) is -0.855. The summed E-state index contributed by atoms with van der Waals surface area (Å²) < 4.78 is 0. The molecule has 39 heavy (non-hydrogen) atoms. The number of hydrogen-bond acceptors (Lipinski definition) is 9.